The molecule has 2 aromatic heterocycles. The van der Waals surface area contributed by atoms with Crippen molar-refractivity contribution in [2.24, 2.45) is 0 Å². The van der Waals surface area contributed by atoms with Crippen molar-refractivity contribution in [3.05, 3.63) is 65.3 Å². The SMILES string of the molecule is COc1nc(N(C)C2CCN(C(=O)/C=C/CN3CCOCC3)C2)c2cnc(-c3cccc4ccc(F)c(Cl)c34)c(F)c2n1.FC1CC2CCCN2C1. The van der Waals surface area contributed by atoms with Gasteiger partial charge in [0.15, 0.2) is 5.82 Å². The number of nitrogens with zero attached hydrogens (tertiary/aromatic N) is 7. The van der Waals surface area contributed by atoms with E-state index in [1.807, 2.05) is 18.0 Å². The van der Waals surface area contributed by atoms with Gasteiger partial charge in [0.25, 0.3) is 0 Å². The highest BCUT2D eigenvalue weighted by Gasteiger charge is 2.35. The Morgan fingerprint density at radius 2 is 1.92 bits per heavy atom. The summed E-state index contributed by atoms with van der Waals surface area (Å²) >= 11 is 6.32. The van der Waals surface area contributed by atoms with Crippen LogP contribution in [0, 0.1) is 11.6 Å². The van der Waals surface area contributed by atoms with Crippen molar-refractivity contribution in [3.8, 4) is 17.3 Å². The van der Waals surface area contributed by atoms with Crippen LogP contribution in [0.1, 0.15) is 25.7 Å². The van der Waals surface area contributed by atoms with Gasteiger partial charge in [0, 0.05) is 81.6 Å². The summed E-state index contributed by atoms with van der Waals surface area (Å²) < 4.78 is 53.9. The summed E-state index contributed by atoms with van der Waals surface area (Å²) in [5.41, 5.74) is 0.349. The third kappa shape index (κ3) is 7.55. The second-order valence-corrected chi connectivity index (χ2v) is 14.1. The van der Waals surface area contributed by atoms with E-state index in [1.54, 1.807) is 35.2 Å². The highest BCUT2D eigenvalue weighted by atomic mass is 35.5. The number of aromatic nitrogens is 3. The number of carbonyl (C=O) groups is 1. The fourth-order valence-electron chi connectivity index (χ4n) is 7.73. The van der Waals surface area contributed by atoms with Gasteiger partial charge in [0.2, 0.25) is 5.91 Å². The van der Waals surface area contributed by atoms with Crippen LogP contribution >= 0.6 is 11.6 Å². The lowest BCUT2D eigenvalue weighted by atomic mass is 10.0. The minimum atomic E-state index is -0.700. The zero-order valence-corrected chi connectivity index (χ0v) is 30.2. The Bertz CT molecular complexity index is 1950. The number of hydrogen-bond acceptors (Lipinski definition) is 9. The average Bonchev–Trinajstić information content (AvgIpc) is 3.91. The second kappa shape index (κ2) is 15.9. The first-order valence-corrected chi connectivity index (χ1v) is 18.2. The Hall–Kier alpha value is -4.04. The minimum Gasteiger partial charge on any atom is -0.467 e. The molecule has 0 aliphatic carbocycles. The number of carbonyl (C=O) groups excluding carboxylic acids is 1. The van der Waals surface area contributed by atoms with Crippen molar-refractivity contribution in [3.63, 3.8) is 0 Å². The lowest BCUT2D eigenvalue weighted by molar-refractivity contribution is -0.125. The van der Waals surface area contributed by atoms with E-state index in [2.05, 4.69) is 24.8 Å². The van der Waals surface area contributed by atoms with Crippen LogP contribution in [0.25, 0.3) is 32.9 Å². The summed E-state index contributed by atoms with van der Waals surface area (Å²) in [5.74, 6) is -0.914. The normalized spacial score (nSPS) is 22.3. The molecule has 276 valence electrons. The third-order valence-corrected chi connectivity index (χ3v) is 10.9. The molecule has 1 amide bonds. The molecule has 4 aliphatic rings. The summed E-state index contributed by atoms with van der Waals surface area (Å²) in [6.45, 7) is 6.78. The molecule has 6 heterocycles. The van der Waals surface area contributed by atoms with E-state index in [1.165, 1.54) is 32.2 Å². The fourth-order valence-corrected chi connectivity index (χ4v) is 8.00. The van der Waals surface area contributed by atoms with Crippen LogP contribution in [-0.2, 0) is 9.53 Å². The van der Waals surface area contributed by atoms with E-state index in [0.29, 0.717) is 79.4 Å². The summed E-state index contributed by atoms with van der Waals surface area (Å²) in [6, 6.07) is 8.56. The number of halogens is 4. The molecule has 4 aromatic rings. The van der Waals surface area contributed by atoms with Crippen molar-refractivity contribution < 1.29 is 27.4 Å². The predicted octanol–water partition coefficient (Wildman–Crippen LogP) is 5.90. The first-order valence-electron chi connectivity index (χ1n) is 17.9. The molecule has 0 saturated carbocycles. The number of fused-ring (bicyclic) bond motifs is 3. The van der Waals surface area contributed by atoms with Gasteiger partial charge in [0.1, 0.15) is 29.0 Å². The third-order valence-electron chi connectivity index (χ3n) is 10.6. The number of benzene rings is 2. The zero-order valence-electron chi connectivity index (χ0n) is 29.4. The summed E-state index contributed by atoms with van der Waals surface area (Å²) in [4.78, 5) is 34.4. The molecule has 14 heteroatoms. The molecule has 3 atom stereocenters. The van der Waals surface area contributed by atoms with Gasteiger partial charge in [-0.1, -0.05) is 41.9 Å². The van der Waals surface area contributed by atoms with Crippen LogP contribution in [0.15, 0.2) is 48.7 Å². The first-order chi connectivity index (χ1) is 25.2. The molecule has 0 bridgehead atoms. The van der Waals surface area contributed by atoms with Gasteiger partial charge in [-0.3, -0.25) is 19.6 Å². The number of likely N-dealkylation sites (tertiary alicyclic amines) is 1. The van der Waals surface area contributed by atoms with Crippen molar-refractivity contribution >= 4 is 45.0 Å². The van der Waals surface area contributed by atoms with E-state index >= 15 is 4.39 Å². The lowest BCUT2D eigenvalue weighted by Crippen LogP contribution is -2.37. The molecule has 3 unspecified atom stereocenters. The Morgan fingerprint density at radius 1 is 1.10 bits per heavy atom. The number of methoxy groups -OCH3 is 1. The van der Waals surface area contributed by atoms with Crippen LogP contribution in [0.4, 0.5) is 19.0 Å². The topological polar surface area (TPSA) is 87.2 Å². The summed E-state index contributed by atoms with van der Waals surface area (Å²) in [7, 11) is 3.27. The van der Waals surface area contributed by atoms with E-state index in [9.17, 15) is 13.6 Å². The van der Waals surface area contributed by atoms with E-state index < -0.39 is 17.8 Å². The smallest absolute Gasteiger partial charge is 0.318 e. The summed E-state index contributed by atoms with van der Waals surface area (Å²) in [5, 5.41) is 1.30. The van der Waals surface area contributed by atoms with Gasteiger partial charge < -0.3 is 19.3 Å². The van der Waals surface area contributed by atoms with Crippen LogP contribution in [0.2, 0.25) is 5.02 Å². The van der Waals surface area contributed by atoms with Gasteiger partial charge in [0.05, 0.1) is 30.7 Å². The molecule has 0 N–H and O–H groups in total. The van der Waals surface area contributed by atoms with Crippen LogP contribution in [0.5, 0.6) is 6.01 Å². The highest BCUT2D eigenvalue weighted by molar-refractivity contribution is 6.36. The van der Waals surface area contributed by atoms with E-state index in [4.69, 9.17) is 21.1 Å². The van der Waals surface area contributed by atoms with Crippen LogP contribution < -0.4 is 9.64 Å². The lowest BCUT2D eigenvalue weighted by Gasteiger charge is -2.27. The largest absolute Gasteiger partial charge is 0.467 e. The number of amides is 1. The minimum absolute atomic E-state index is 0.00984. The number of likely N-dealkylation sites (N-methyl/N-ethyl adjacent to an activating group) is 1. The van der Waals surface area contributed by atoms with Gasteiger partial charge in [-0.15, -0.1) is 0 Å². The van der Waals surface area contributed by atoms with Crippen LogP contribution in [-0.4, -0.2) is 127 Å². The quantitative estimate of drug-likeness (QED) is 0.215. The Morgan fingerprint density at radius 3 is 2.71 bits per heavy atom. The molecular formula is C38H43ClF3N7O3. The fraction of sp³-hybridized carbons (Fsp3) is 0.474. The molecule has 8 rings (SSSR count). The maximum atomic E-state index is 16.2. The number of pyridine rings is 1. The predicted molar refractivity (Wildman–Crippen MR) is 196 cm³/mol. The molecule has 0 spiro atoms. The van der Waals surface area contributed by atoms with Crippen molar-refractivity contribution in [1.82, 2.24) is 29.7 Å². The molecular weight excluding hydrogens is 695 g/mol. The number of hydrogen-bond donors (Lipinski definition) is 0. The molecule has 0 radical (unpaired) electrons. The number of alkyl halides is 1. The average molecular weight is 738 g/mol. The Balaban J connectivity index is 0.000000404. The second-order valence-electron chi connectivity index (χ2n) is 13.8. The standard InChI is InChI=1S/C31H31ClF2N6O3.C7H12FN/c1-38(20-10-12-40(18-20)24(41)7-4-11-39-13-15-43-16-14-39)30-22-17-35-28(27(34)29(22)36-31(37-30)42-2)21-6-3-5-19-8-9-23(33)26(32)25(19)21;8-6-4-7-2-1-3-9(7)5-6/h3-9,17,20H,10-16,18H2,1-2H3;6-7H,1-5H2/b7-4+;. The number of morpholine rings is 1. The summed E-state index contributed by atoms with van der Waals surface area (Å²) in [6.07, 6.45) is 8.57. The zero-order chi connectivity index (χ0) is 36.4. The molecule has 10 nitrogen and oxygen atoms in total. The van der Waals surface area contributed by atoms with E-state index in [-0.39, 0.29) is 34.2 Å². The Labute approximate surface area is 306 Å². The van der Waals surface area contributed by atoms with E-state index in [0.717, 1.165) is 26.1 Å². The maximum Gasteiger partial charge on any atom is 0.318 e. The van der Waals surface area contributed by atoms with Crippen LogP contribution in [0.3, 0.4) is 0 Å². The first kappa shape index (κ1) is 36.3. The van der Waals surface area contributed by atoms with Gasteiger partial charge in [-0.25, -0.2) is 13.2 Å². The Kier molecular flexibility index (Phi) is 11.1. The monoisotopic (exact) mass is 737 g/mol. The van der Waals surface area contributed by atoms with Gasteiger partial charge >= 0.3 is 6.01 Å². The maximum absolute atomic E-state index is 16.2. The number of rotatable bonds is 7. The molecule has 4 fully saturated rings. The van der Waals surface area contributed by atoms with Crippen molar-refractivity contribution in [1.29, 1.82) is 0 Å². The van der Waals surface area contributed by atoms with Gasteiger partial charge in [-0.2, -0.15) is 9.97 Å². The molecule has 4 saturated heterocycles. The van der Waals surface area contributed by atoms with Crippen molar-refractivity contribution in [2.75, 3.05) is 78.1 Å². The molecule has 4 aliphatic heterocycles. The van der Waals surface area contributed by atoms with Gasteiger partial charge in [-0.05, 0) is 43.7 Å². The molecule has 2 aromatic carbocycles. The highest BCUT2D eigenvalue weighted by Crippen LogP contribution is 2.38. The number of anilines is 1. The molecule has 52 heavy (non-hydrogen) atoms. The van der Waals surface area contributed by atoms with Crippen molar-refractivity contribution in [2.45, 2.75) is 43.9 Å². The number of ether oxygens (including phenoxy) is 2.